The molecule has 0 saturated heterocycles. The summed E-state index contributed by atoms with van der Waals surface area (Å²) < 4.78 is 0. The molecule has 0 radical (unpaired) electrons. The minimum atomic E-state index is -2.91. The van der Waals surface area contributed by atoms with E-state index in [4.69, 9.17) is 20.4 Å². The summed E-state index contributed by atoms with van der Waals surface area (Å²) in [6.45, 7) is -0.225. The molecule has 8 N–H and O–H groups in total. The van der Waals surface area contributed by atoms with Gasteiger partial charge in [0.2, 0.25) is 5.91 Å². The molecule has 15 nitrogen and oxygen atoms in total. The summed E-state index contributed by atoms with van der Waals surface area (Å²) in [7, 11) is 0. The van der Waals surface area contributed by atoms with E-state index in [2.05, 4.69) is 5.32 Å². The minimum absolute atomic E-state index is 0.0568. The number of ketones is 1. The van der Waals surface area contributed by atoms with E-state index in [1.54, 1.807) is 0 Å². The van der Waals surface area contributed by atoms with Gasteiger partial charge in [0.05, 0.1) is 25.2 Å². The lowest BCUT2D eigenvalue weighted by molar-refractivity contribution is -0.167. The molecule has 0 fully saturated rings. The van der Waals surface area contributed by atoms with Crippen LogP contribution in [0.5, 0.6) is 0 Å². The molecule has 0 aliphatic heterocycles. The fraction of sp³-hybridized carbons (Fsp3) is 0.611. The fourth-order valence-corrected chi connectivity index (χ4v) is 2.82. The zero-order chi connectivity index (χ0) is 26.0. The SMILES string of the molecule is O=C(O)CC(O)(CC(=O)C[C@H](CCCNC(=O)C[C@](O)(CC(=O)O)C(=O)O)C(=O)O)C(=O)O. The van der Waals surface area contributed by atoms with Gasteiger partial charge in [0.25, 0.3) is 0 Å². The number of Topliss-reactive ketones (excluding diaryl/α,β-unsaturated/α-hetero) is 1. The third-order valence-electron chi connectivity index (χ3n) is 4.50. The number of aliphatic hydroxyl groups is 2. The van der Waals surface area contributed by atoms with Crippen LogP contribution in [0.1, 0.15) is 44.9 Å². The monoisotopic (exact) mass is 479 g/mol. The van der Waals surface area contributed by atoms with Gasteiger partial charge >= 0.3 is 29.8 Å². The van der Waals surface area contributed by atoms with Gasteiger partial charge in [-0.15, -0.1) is 0 Å². The summed E-state index contributed by atoms with van der Waals surface area (Å²) in [6, 6.07) is 0. The first-order valence-electron chi connectivity index (χ1n) is 9.38. The normalized spacial score (nSPS) is 15.3. The maximum absolute atomic E-state index is 12.0. The molecule has 0 aromatic heterocycles. The van der Waals surface area contributed by atoms with E-state index in [1.807, 2.05) is 0 Å². The standard InChI is InChI=1S/C18H25NO14/c20-10(5-17(32,15(28)29)7-12(22)23)4-9(14(26)27)2-1-3-19-11(21)6-18(33,16(30)31)8-13(24)25/h9,32-33H,1-8H2,(H,19,21)(H,22,23)(H,24,25)(H,26,27)(H,28,29)(H,30,31)/t9-,17?,18-/m0/s1. The Morgan fingerprint density at radius 3 is 1.55 bits per heavy atom. The molecule has 1 unspecified atom stereocenters. The maximum atomic E-state index is 12.0. The van der Waals surface area contributed by atoms with Gasteiger partial charge < -0.3 is 41.1 Å². The van der Waals surface area contributed by atoms with Crippen molar-refractivity contribution in [3.63, 3.8) is 0 Å². The Hall–Kier alpha value is -3.59. The molecule has 0 aliphatic carbocycles. The minimum Gasteiger partial charge on any atom is -0.481 e. The van der Waals surface area contributed by atoms with Crippen molar-refractivity contribution in [3.05, 3.63) is 0 Å². The molecule has 0 rings (SSSR count). The highest BCUT2D eigenvalue weighted by Crippen LogP contribution is 2.21. The van der Waals surface area contributed by atoms with Crippen LogP contribution in [0.25, 0.3) is 0 Å². The van der Waals surface area contributed by atoms with Crippen molar-refractivity contribution in [2.24, 2.45) is 5.92 Å². The average molecular weight is 479 g/mol. The Bertz CT molecular complexity index is 808. The topological polar surface area (TPSA) is 273 Å². The summed E-state index contributed by atoms with van der Waals surface area (Å²) in [5, 5.41) is 66.2. The fourth-order valence-electron chi connectivity index (χ4n) is 2.82. The summed E-state index contributed by atoms with van der Waals surface area (Å²) in [4.78, 5) is 78.6. The quantitative estimate of drug-likeness (QED) is 0.104. The van der Waals surface area contributed by atoms with E-state index in [0.29, 0.717) is 0 Å². The zero-order valence-corrected chi connectivity index (χ0v) is 17.2. The van der Waals surface area contributed by atoms with Crippen LogP contribution in [-0.4, -0.2) is 95.0 Å². The predicted octanol–water partition coefficient (Wildman–Crippen LogP) is -2.10. The van der Waals surface area contributed by atoms with Crippen LogP contribution in [0.15, 0.2) is 0 Å². The largest absolute Gasteiger partial charge is 0.481 e. The van der Waals surface area contributed by atoms with Crippen molar-refractivity contribution >= 4 is 41.5 Å². The number of carbonyl (C=O) groups excluding carboxylic acids is 2. The Labute approximate surface area is 185 Å². The number of amides is 1. The van der Waals surface area contributed by atoms with Crippen LogP contribution in [0.4, 0.5) is 0 Å². The highest BCUT2D eigenvalue weighted by molar-refractivity contribution is 5.92. The number of hydrogen-bond donors (Lipinski definition) is 8. The van der Waals surface area contributed by atoms with Crippen molar-refractivity contribution in [2.75, 3.05) is 6.54 Å². The van der Waals surface area contributed by atoms with Gasteiger partial charge in [-0.2, -0.15) is 0 Å². The van der Waals surface area contributed by atoms with E-state index in [9.17, 15) is 48.9 Å². The molecule has 15 heteroatoms. The molecule has 3 atom stereocenters. The van der Waals surface area contributed by atoms with Crippen LogP contribution < -0.4 is 5.32 Å². The first kappa shape index (κ1) is 29.4. The number of aliphatic carboxylic acids is 5. The van der Waals surface area contributed by atoms with Gasteiger partial charge in [0.1, 0.15) is 5.78 Å². The van der Waals surface area contributed by atoms with Crippen molar-refractivity contribution in [1.29, 1.82) is 0 Å². The molecule has 0 bridgehead atoms. The van der Waals surface area contributed by atoms with Crippen LogP contribution in [0, 0.1) is 5.92 Å². The van der Waals surface area contributed by atoms with Crippen LogP contribution >= 0.6 is 0 Å². The highest BCUT2D eigenvalue weighted by Gasteiger charge is 2.42. The first-order valence-corrected chi connectivity index (χ1v) is 9.38. The van der Waals surface area contributed by atoms with Crippen LogP contribution in [-0.2, 0) is 33.6 Å². The van der Waals surface area contributed by atoms with E-state index in [-0.39, 0.29) is 19.4 Å². The molecule has 0 aliphatic rings. The van der Waals surface area contributed by atoms with Gasteiger partial charge in [-0.25, -0.2) is 9.59 Å². The number of hydrogen-bond acceptors (Lipinski definition) is 9. The Morgan fingerprint density at radius 1 is 0.697 bits per heavy atom. The lowest BCUT2D eigenvalue weighted by atomic mass is 9.88. The lowest BCUT2D eigenvalue weighted by Gasteiger charge is -2.21. The number of carbonyl (C=O) groups is 7. The Kier molecular flexibility index (Phi) is 11.1. The molecule has 0 aromatic rings. The summed E-state index contributed by atoms with van der Waals surface area (Å²) in [6.07, 6.45) is -5.72. The molecular formula is C18H25NO14. The first-order chi connectivity index (χ1) is 15.0. The molecule has 0 aromatic carbocycles. The number of rotatable bonds is 17. The van der Waals surface area contributed by atoms with Crippen molar-refractivity contribution in [3.8, 4) is 0 Å². The van der Waals surface area contributed by atoms with Gasteiger partial charge in [0, 0.05) is 19.4 Å². The smallest absolute Gasteiger partial charge is 0.336 e. The van der Waals surface area contributed by atoms with Crippen molar-refractivity contribution in [1.82, 2.24) is 5.32 Å². The van der Waals surface area contributed by atoms with E-state index >= 15 is 0 Å². The molecular weight excluding hydrogens is 454 g/mol. The highest BCUT2D eigenvalue weighted by atomic mass is 16.4. The molecule has 186 valence electrons. The molecule has 0 spiro atoms. The number of nitrogens with one attached hydrogen (secondary N) is 1. The Morgan fingerprint density at radius 2 is 1.15 bits per heavy atom. The summed E-state index contributed by atoms with van der Waals surface area (Å²) in [5.74, 6) is -12.1. The third kappa shape index (κ3) is 10.5. The lowest BCUT2D eigenvalue weighted by Crippen LogP contribution is -2.45. The maximum Gasteiger partial charge on any atom is 0.336 e. The van der Waals surface area contributed by atoms with Crippen LogP contribution in [0.2, 0.25) is 0 Å². The third-order valence-corrected chi connectivity index (χ3v) is 4.50. The van der Waals surface area contributed by atoms with Crippen molar-refractivity contribution < 1.29 is 69.3 Å². The second-order valence-corrected chi connectivity index (χ2v) is 7.44. The van der Waals surface area contributed by atoms with E-state index in [0.717, 1.165) is 0 Å². The van der Waals surface area contributed by atoms with Gasteiger partial charge in [-0.3, -0.25) is 24.0 Å². The van der Waals surface area contributed by atoms with E-state index in [1.165, 1.54) is 0 Å². The second-order valence-electron chi connectivity index (χ2n) is 7.44. The zero-order valence-electron chi connectivity index (χ0n) is 17.2. The van der Waals surface area contributed by atoms with Crippen molar-refractivity contribution in [2.45, 2.75) is 56.1 Å². The molecule has 0 heterocycles. The number of carboxylic acid groups (broad SMARTS) is 5. The van der Waals surface area contributed by atoms with Gasteiger partial charge in [0.15, 0.2) is 11.2 Å². The van der Waals surface area contributed by atoms with Crippen LogP contribution in [0.3, 0.4) is 0 Å². The second kappa shape index (κ2) is 12.4. The molecule has 1 amide bonds. The average Bonchev–Trinajstić information content (AvgIpc) is 2.62. The van der Waals surface area contributed by atoms with E-state index < -0.39 is 90.8 Å². The number of carboxylic acids is 5. The van der Waals surface area contributed by atoms with Gasteiger partial charge in [-0.1, -0.05) is 0 Å². The summed E-state index contributed by atoms with van der Waals surface area (Å²) >= 11 is 0. The van der Waals surface area contributed by atoms with Gasteiger partial charge in [-0.05, 0) is 12.8 Å². The summed E-state index contributed by atoms with van der Waals surface area (Å²) in [5.41, 5.74) is -5.75. The molecule has 33 heavy (non-hydrogen) atoms. The predicted molar refractivity (Wildman–Crippen MR) is 102 cm³/mol. The Balaban J connectivity index is 4.80. The molecule has 0 saturated carbocycles.